The van der Waals surface area contributed by atoms with E-state index in [1.54, 1.807) is 0 Å². The van der Waals surface area contributed by atoms with E-state index in [2.05, 4.69) is 33.4 Å². The summed E-state index contributed by atoms with van der Waals surface area (Å²) >= 11 is 4.41. The molecule has 1 saturated heterocycles. The molecule has 1 aliphatic rings. The predicted octanol–water partition coefficient (Wildman–Crippen LogP) is 3.62. The first-order chi connectivity index (χ1) is 8.46. The predicted molar refractivity (Wildman–Crippen MR) is 78.8 cm³/mol. The van der Waals surface area contributed by atoms with Gasteiger partial charge in [-0.05, 0) is 38.8 Å². The van der Waals surface area contributed by atoms with E-state index < -0.39 is 0 Å². The minimum Gasteiger partial charge on any atom is -0.405 e. The van der Waals surface area contributed by atoms with E-state index in [1.807, 2.05) is 36.3 Å². The van der Waals surface area contributed by atoms with Gasteiger partial charge in [0.15, 0.2) is 0 Å². The average Bonchev–Trinajstić information content (AvgIpc) is 2.25. The molecule has 1 atom stereocenters. The van der Waals surface area contributed by atoms with Crippen LogP contribution in [0.5, 0.6) is 0 Å². The van der Waals surface area contributed by atoms with E-state index in [1.165, 1.54) is 0 Å². The highest BCUT2D eigenvalue weighted by molar-refractivity contribution is 7.80. The van der Waals surface area contributed by atoms with Crippen LogP contribution in [0.4, 0.5) is 0 Å². The van der Waals surface area contributed by atoms with Gasteiger partial charge in [-0.1, -0.05) is 30.3 Å². The lowest BCUT2D eigenvalue weighted by Gasteiger charge is -2.37. The van der Waals surface area contributed by atoms with Crippen LogP contribution in [0.25, 0.3) is 6.08 Å². The minimum absolute atomic E-state index is 0.132. The fourth-order valence-corrected chi connectivity index (χ4v) is 2.49. The summed E-state index contributed by atoms with van der Waals surface area (Å²) in [6, 6.07) is 7.96. The molecule has 2 nitrogen and oxygen atoms in total. The maximum Gasteiger partial charge on any atom is 0.486 e. The summed E-state index contributed by atoms with van der Waals surface area (Å²) in [6.07, 6.45) is 3.14. The second-order valence-electron chi connectivity index (χ2n) is 5.31. The zero-order valence-electron chi connectivity index (χ0n) is 11.1. The monoisotopic (exact) mass is 262 g/mol. The first kappa shape index (κ1) is 13.7. The number of rotatable bonds is 2. The SMILES string of the molecule is CC1CC(C)(C)OB(/C=C/c2ccccc2S)O1. The van der Waals surface area contributed by atoms with Crippen LogP contribution in [0, 0.1) is 0 Å². The lowest BCUT2D eigenvalue weighted by Crippen LogP contribution is -2.45. The number of benzene rings is 1. The molecule has 0 aromatic heterocycles. The van der Waals surface area contributed by atoms with Gasteiger partial charge in [0.1, 0.15) is 0 Å². The van der Waals surface area contributed by atoms with E-state index in [-0.39, 0.29) is 18.8 Å². The molecule has 1 fully saturated rings. The Kier molecular flexibility index (Phi) is 4.20. The van der Waals surface area contributed by atoms with Crippen LogP contribution in [0.3, 0.4) is 0 Å². The highest BCUT2D eigenvalue weighted by Crippen LogP contribution is 2.26. The lowest BCUT2D eigenvalue weighted by molar-refractivity contribution is -0.0235. The Bertz CT molecular complexity index is 445. The van der Waals surface area contributed by atoms with Crippen LogP contribution in [0.1, 0.15) is 32.8 Å². The molecule has 0 bridgehead atoms. The van der Waals surface area contributed by atoms with Gasteiger partial charge in [0.2, 0.25) is 0 Å². The summed E-state index contributed by atoms with van der Waals surface area (Å²) in [6.45, 7) is 6.27. The molecule has 0 radical (unpaired) electrons. The molecule has 0 amide bonds. The summed E-state index contributed by atoms with van der Waals surface area (Å²) in [5.41, 5.74) is 0.941. The fraction of sp³-hybridized carbons (Fsp3) is 0.429. The van der Waals surface area contributed by atoms with Crippen molar-refractivity contribution in [3.8, 4) is 0 Å². The molecule has 2 rings (SSSR count). The third kappa shape index (κ3) is 3.64. The fourth-order valence-electron chi connectivity index (χ4n) is 2.26. The molecule has 1 aromatic rings. The third-order valence-electron chi connectivity index (χ3n) is 2.95. The molecule has 96 valence electrons. The molecule has 4 heteroatoms. The highest BCUT2D eigenvalue weighted by atomic mass is 32.1. The average molecular weight is 262 g/mol. The van der Waals surface area contributed by atoms with Crippen LogP contribution in [0.2, 0.25) is 0 Å². The van der Waals surface area contributed by atoms with E-state index in [0.717, 1.165) is 16.9 Å². The van der Waals surface area contributed by atoms with Gasteiger partial charge in [-0.2, -0.15) is 0 Å². The van der Waals surface area contributed by atoms with Crippen LogP contribution < -0.4 is 0 Å². The van der Waals surface area contributed by atoms with Gasteiger partial charge in [-0.25, -0.2) is 0 Å². The molecule has 1 heterocycles. The smallest absolute Gasteiger partial charge is 0.405 e. The topological polar surface area (TPSA) is 18.5 Å². The highest BCUT2D eigenvalue weighted by Gasteiger charge is 2.35. The lowest BCUT2D eigenvalue weighted by atomic mass is 9.82. The minimum atomic E-state index is -0.281. The summed E-state index contributed by atoms with van der Waals surface area (Å²) in [7, 11) is -0.281. The number of hydrogen-bond acceptors (Lipinski definition) is 3. The van der Waals surface area contributed by atoms with Crippen molar-refractivity contribution < 1.29 is 9.31 Å². The Labute approximate surface area is 115 Å². The van der Waals surface area contributed by atoms with E-state index in [4.69, 9.17) is 9.31 Å². The molecule has 0 spiro atoms. The van der Waals surface area contributed by atoms with Gasteiger partial charge in [0.05, 0.1) is 5.60 Å². The van der Waals surface area contributed by atoms with Crippen molar-refractivity contribution in [2.24, 2.45) is 0 Å². The normalized spacial score (nSPS) is 23.6. The maximum absolute atomic E-state index is 5.87. The zero-order valence-corrected chi connectivity index (χ0v) is 12.0. The zero-order chi connectivity index (χ0) is 13.2. The molecule has 1 aliphatic heterocycles. The van der Waals surface area contributed by atoms with Crippen molar-refractivity contribution in [2.75, 3.05) is 0 Å². The largest absolute Gasteiger partial charge is 0.486 e. The standard InChI is InChI=1S/C14H19BO2S/c1-11-10-14(2,3)17-15(16-11)9-8-12-6-4-5-7-13(12)18/h4-9,11,18H,10H2,1-3H3/b9-8+. The van der Waals surface area contributed by atoms with Gasteiger partial charge in [0.25, 0.3) is 0 Å². The van der Waals surface area contributed by atoms with Crippen LogP contribution >= 0.6 is 12.6 Å². The summed E-state index contributed by atoms with van der Waals surface area (Å²) in [4.78, 5) is 0.955. The first-order valence-corrected chi connectivity index (χ1v) is 6.70. The Morgan fingerprint density at radius 2 is 2.11 bits per heavy atom. The van der Waals surface area contributed by atoms with Crippen LogP contribution in [-0.4, -0.2) is 18.8 Å². The van der Waals surface area contributed by atoms with E-state index >= 15 is 0 Å². The molecular formula is C14H19BO2S. The molecule has 1 aromatic carbocycles. The van der Waals surface area contributed by atoms with Gasteiger partial charge in [0, 0.05) is 11.0 Å². The maximum atomic E-state index is 5.87. The van der Waals surface area contributed by atoms with Crippen molar-refractivity contribution in [2.45, 2.75) is 43.8 Å². The Hall–Kier alpha value is -0.705. The Morgan fingerprint density at radius 1 is 1.39 bits per heavy atom. The molecule has 18 heavy (non-hydrogen) atoms. The second-order valence-corrected chi connectivity index (χ2v) is 5.80. The number of hydrogen-bond donors (Lipinski definition) is 1. The Morgan fingerprint density at radius 3 is 2.78 bits per heavy atom. The molecule has 1 unspecified atom stereocenters. The van der Waals surface area contributed by atoms with Gasteiger partial charge in [-0.15, -0.1) is 12.6 Å². The second kappa shape index (κ2) is 5.51. The third-order valence-corrected chi connectivity index (χ3v) is 3.36. The van der Waals surface area contributed by atoms with Crippen LogP contribution in [-0.2, 0) is 9.31 Å². The molecular weight excluding hydrogens is 243 g/mol. The number of thiol groups is 1. The Balaban J connectivity index is 2.07. The van der Waals surface area contributed by atoms with Crippen molar-refractivity contribution in [1.82, 2.24) is 0 Å². The summed E-state index contributed by atoms with van der Waals surface area (Å²) < 4.78 is 11.6. The van der Waals surface area contributed by atoms with Crippen LogP contribution in [0.15, 0.2) is 35.1 Å². The van der Waals surface area contributed by atoms with E-state index in [9.17, 15) is 0 Å². The van der Waals surface area contributed by atoms with Gasteiger partial charge < -0.3 is 9.31 Å². The van der Waals surface area contributed by atoms with Crippen molar-refractivity contribution >= 4 is 25.8 Å². The van der Waals surface area contributed by atoms with Gasteiger partial charge >= 0.3 is 7.12 Å². The van der Waals surface area contributed by atoms with E-state index in [0.29, 0.717) is 0 Å². The van der Waals surface area contributed by atoms with Crippen molar-refractivity contribution in [3.05, 3.63) is 35.8 Å². The molecule has 0 saturated carbocycles. The van der Waals surface area contributed by atoms with Crippen molar-refractivity contribution in [1.29, 1.82) is 0 Å². The first-order valence-electron chi connectivity index (χ1n) is 6.26. The molecule has 0 aliphatic carbocycles. The summed E-state index contributed by atoms with van der Waals surface area (Å²) in [5, 5.41) is 0. The van der Waals surface area contributed by atoms with Crippen molar-refractivity contribution in [3.63, 3.8) is 0 Å². The summed E-state index contributed by atoms with van der Waals surface area (Å²) in [5.74, 6) is 1.95. The van der Waals surface area contributed by atoms with Gasteiger partial charge in [-0.3, -0.25) is 0 Å². The quantitative estimate of drug-likeness (QED) is 0.648. The molecule has 0 N–H and O–H groups in total.